The van der Waals surface area contributed by atoms with Crippen molar-refractivity contribution in [3.05, 3.63) is 77.0 Å². The summed E-state index contributed by atoms with van der Waals surface area (Å²) >= 11 is 5.91. The lowest BCUT2D eigenvalue weighted by Gasteiger charge is -2.26. The molecule has 0 atom stereocenters. The van der Waals surface area contributed by atoms with Gasteiger partial charge in [-0.15, -0.1) is 0 Å². The van der Waals surface area contributed by atoms with E-state index in [9.17, 15) is 9.90 Å². The first-order valence-corrected chi connectivity index (χ1v) is 9.07. The van der Waals surface area contributed by atoms with Crippen molar-refractivity contribution in [2.75, 3.05) is 13.1 Å². The lowest BCUT2D eigenvalue weighted by atomic mass is 9.99. The Balaban J connectivity index is 1.46. The Kier molecular flexibility index (Phi) is 4.69. The van der Waals surface area contributed by atoms with Gasteiger partial charge in [-0.25, -0.2) is 0 Å². The molecule has 5 nitrogen and oxygen atoms in total. The van der Waals surface area contributed by atoms with E-state index in [0.717, 1.165) is 17.5 Å². The first-order valence-electron chi connectivity index (χ1n) is 8.69. The minimum absolute atomic E-state index is 0.0660. The average Bonchev–Trinajstić information content (AvgIpc) is 3.19. The smallest absolute Gasteiger partial charge is 0.272 e. The van der Waals surface area contributed by atoms with Crippen LogP contribution >= 0.6 is 11.6 Å². The highest BCUT2D eigenvalue weighted by Gasteiger charge is 2.21. The first-order chi connectivity index (χ1) is 13.1. The number of H-pyrrole nitrogens is 1. The van der Waals surface area contributed by atoms with Crippen LogP contribution in [0.2, 0.25) is 5.02 Å². The molecule has 136 valence electrons. The summed E-state index contributed by atoms with van der Waals surface area (Å²) in [5, 5.41) is 17.2. The Hall–Kier alpha value is -3.05. The molecule has 1 aromatic heterocycles. The molecule has 2 N–H and O–H groups in total. The molecule has 3 aromatic rings. The van der Waals surface area contributed by atoms with Gasteiger partial charge in [0.25, 0.3) is 5.91 Å². The molecular weight excluding hydrogens is 362 g/mol. The van der Waals surface area contributed by atoms with Crippen molar-refractivity contribution in [1.29, 1.82) is 0 Å². The maximum Gasteiger partial charge on any atom is 0.272 e. The Morgan fingerprint density at radius 2 is 1.78 bits per heavy atom. The lowest BCUT2D eigenvalue weighted by Crippen LogP contribution is -2.34. The van der Waals surface area contributed by atoms with Crippen molar-refractivity contribution in [1.82, 2.24) is 15.1 Å². The van der Waals surface area contributed by atoms with Crippen LogP contribution in [0.15, 0.2) is 60.7 Å². The number of phenols is 1. The van der Waals surface area contributed by atoms with Crippen molar-refractivity contribution in [3.63, 3.8) is 0 Å². The van der Waals surface area contributed by atoms with E-state index in [-0.39, 0.29) is 11.7 Å². The molecule has 27 heavy (non-hydrogen) atoms. The van der Waals surface area contributed by atoms with Gasteiger partial charge in [-0.05, 0) is 47.9 Å². The van der Waals surface area contributed by atoms with E-state index in [1.165, 1.54) is 5.57 Å². The molecule has 1 aliphatic heterocycles. The molecule has 0 bridgehead atoms. The SMILES string of the molecule is O=C(c1cc(-c2ccc(Cl)cc2)n[nH]1)N1CC=C(c2ccc(O)cc2)CC1. The molecule has 1 amide bonds. The van der Waals surface area contributed by atoms with Gasteiger partial charge >= 0.3 is 0 Å². The second kappa shape index (κ2) is 7.29. The third-order valence-corrected chi connectivity index (χ3v) is 4.93. The van der Waals surface area contributed by atoms with E-state index in [0.29, 0.717) is 29.5 Å². The number of hydrogen-bond donors (Lipinski definition) is 2. The van der Waals surface area contributed by atoms with E-state index in [2.05, 4.69) is 16.3 Å². The number of benzene rings is 2. The topological polar surface area (TPSA) is 69.2 Å². The Bertz CT molecular complexity index is 991. The quantitative estimate of drug-likeness (QED) is 0.710. The van der Waals surface area contributed by atoms with Gasteiger partial charge in [0.2, 0.25) is 0 Å². The van der Waals surface area contributed by atoms with E-state index >= 15 is 0 Å². The minimum Gasteiger partial charge on any atom is -0.508 e. The predicted molar refractivity (Wildman–Crippen MR) is 106 cm³/mol. The van der Waals surface area contributed by atoms with E-state index in [1.54, 1.807) is 35.2 Å². The summed E-state index contributed by atoms with van der Waals surface area (Å²) in [4.78, 5) is 14.6. The largest absolute Gasteiger partial charge is 0.508 e. The average molecular weight is 380 g/mol. The fourth-order valence-corrected chi connectivity index (χ4v) is 3.29. The number of nitrogens with one attached hydrogen (secondary N) is 1. The molecule has 6 heteroatoms. The maximum absolute atomic E-state index is 12.8. The number of carbonyl (C=O) groups excluding carboxylic acids is 1. The number of hydrogen-bond acceptors (Lipinski definition) is 3. The Morgan fingerprint density at radius 3 is 2.44 bits per heavy atom. The molecule has 0 saturated heterocycles. The van der Waals surface area contributed by atoms with Gasteiger partial charge in [0, 0.05) is 23.7 Å². The van der Waals surface area contributed by atoms with E-state index in [4.69, 9.17) is 11.6 Å². The maximum atomic E-state index is 12.8. The number of amides is 1. The van der Waals surface area contributed by atoms with Crippen LogP contribution in [-0.4, -0.2) is 39.2 Å². The Morgan fingerprint density at radius 1 is 1.07 bits per heavy atom. The summed E-state index contributed by atoms with van der Waals surface area (Å²) in [6.07, 6.45) is 2.83. The van der Waals surface area contributed by atoms with Crippen LogP contribution in [0.5, 0.6) is 5.75 Å². The molecular formula is C21H18ClN3O2. The first kappa shape index (κ1) is 17.4. The van der Waals surface area contributed by atoms with Gasteiger partial charge in [0.1, 0.15) is 11.4 Å². The van der Waals surface area contributed by atoms with Crippen molar-refractivity contribution in [3.8, 4) is 17.0 Å². The highest BCUT2D eigenvalue weighted by molar-refractivity contribution is 6.30. The summed E-state index contributed by atoms with van der Waals surface area (Å²) in [5.74, 6) is 0.186. The normalized spacial score (nSPS) is 14.1. The number of aromatic nitrogens is 2. The highest BCUT2D eigenvalue weighted by atomic mass is 35.5. The number of rotatable bonds is 3. The predicted octanol–water partition coefficient (Wildman–Crippen LogP) is 4.37. The van der Waals surface area contributed by atoms with Crippen molar-refractivity contribution in [2.24, 2.45) is 0 Å². The van der Waals surface area contributed by atoms with Gasteiger partial charge in [-0.1, -0.05) is 41.9 Å². The highest BCUT2D eigenvalue weighted by Crippen LogP contribution is 2.25. The number of halogens is 1. The molecule has 2 aromatic carbocycles. The van der Waals surface area contributed by atoms with Gasteiger partial charge in [0.15, 0.2) is 0 Å². The number of aromatic hydroxyl groups is 1. The van der Waals surface area contributed by atoms with Crippen LogP contribution in [0.1, 0.15) is 22.5 Å². The monoisotopic (exact) mass is 379 g/mol. The molecule has 0 saturated carbocycles. The number of carbonyl (C=O) groups is 1. The molecule has 0 unspecified atom stereocenters. The molecule has 0 aliphatic carbocycles. The molecule has 0 spiro atoms. The summed E-state index contributed by atoms with van der Waals surface area (Å²) in [5.41, 5.74) is 4.36. The van der Waals surface area contributed by atoms with Gasteiger partial charge < -0.3 is 10.0 Å². The van der Waals surface area contributed by atoms with Gasteiger partial charge in [-0.3, -0.25) is 9.89 Å². The molecule has 4 rings (SSSR count). The van der Waals surface area contributed by atoms with Crippen LogP contribution in [0.3, 0.4) is 0 Å². The summed E-state index contributed by atoms with van der Waals surface area (Å²) in [6.45, 7) is 1.19. The lowest BCUT2D eigenvalue weighted by molar-refractivity contribution is 0.0767. The van der Waals surface area contributed by atoms with Gasteiger partial charge in [-0.2, -0.15) is 5.10 Å². The molecule has 0 radical (unpaired) electrons. The number of nitrogens with zero attached hydrogens (tertiary/aromatic N) is 2. The molecule has 0 fully saturated rings. The van der Waals surface area contributed by atoms with Crippen molar-refractivity contribution in [2.45, 2.75) is 6.42 Å². The van der Waals surface area contributed by atoms with Crippen molar-refractivity contribution >= 4 is 23.1 Å². The van der Waals surface area contributed by atoms with Crippen LogP contribution in [-0.2, 0) is 0 Å². The molecule has 1 aliphatic rings. The summed E-state index contributed by atoms with van der Waals surface area (Å²) in [7, 11) is 0. The third-order valence-electron chi connectivity index (χ3n) is 4.68. The summed E-state index contributed by atoms with van der Waals surface area (Å²) < 4.78 is 0. The van der Waals surface area contributed by atoms with Gasteiger partial charge in [0.05, 0.1) is 5.69 Å². The summed E-state index contributed by atoms with van der Waals surface area (Å²) in [6, 6.07) is 16.3. The van der Waals surface area contributed by atoms with Crippen LogP contribution in [0.4, 0.5) is 0 Å². The number of aromatic amines is 1. The van der Waals surface area contributed by atoms with Crippen LogP contribution in [0, 0.1) is 0 Å². The van der Waals surface area contributed by atoms with E-state index in [1.807, 2.05) is 24.3 Å². The second-order valence-electron chi connectivity index (χ2n) is 6.45. The Labute approximate surface area is 161 Å². The fraction of sp³-hybridized carbons (Fsp3) is 0.143. The zero-order valence-electron chi connectivity index (χ0n) is 14.5. The zero-order valence-corrected chi connectivity index (χ0v) is 15.3. The standard InChI is InChI=1S/C21H18ClN3O2/c22-17-5-1-16(2-6-17)19-13-20(24-23-19)21(27)25-11-9-15(10-12-25)14-3-7-18(26)8-4-14/h1-9,13,26H,10-12H2,(H,23,24). The fourth-order valence-electron chi connectivity index (χ4n) is 3.16. The third kappa shape index (κ3) is 3.73. The van der Waals surface area contributed by atoms with Crippen molar-refractivity contribution < 1.29 is 9.90 Å². The van der Waals surface area contributed by atoms with Crippen LogP contribution in [0.25, 0.3) is 16.8 Å². The van der Waals surface area contributed by atoms with E-state index < -0.39 is 0 Å². The minimum atomic E-state index is -0.0660. The second-order valence-corrected chi connectivity index (χ2v) is 6.89. The van der Waals surface area contributed by atoms with Crippen LogP contribution < -0.4 is 0 Å². The zero-order chi connectivity index (χ0) is 18.8. The number of phenolic OH excluding ortho intramolecular Hbond substituents is 1. The molecule has 2 heterocycles.